The molecule has 3 rings (SSSR count). The zero-order valence-corrected chi connectivity index (χ0v) is 14.4. The van der Waals surface area contributed by atoms with Gasteiger partial charge in [0, 0.05) is 10.0 Å². The Kier molecular flexibility index (Phi) is 5.12. The molecule has 120 valence electrons. The first-order valence-corrected chi connectivity index (χ1v) is 7.93. The molecule has 1 heterocycles. The van der Waals surface area contributed by atoms with Crippen LogP contribution >= 0.6 is 15.9 Å². The fourth-order valence-corrected chi connectivity index (χ4v) is 2.23. The Labute approximate surface area is 147 Å². The van der Waals surface area contributed by atoms with E-state index in [9.17, 15) is 0 Å². The van der Waals surface area contributed by atoms with Crippen LogP contribution < -0.4 is 10.2 Å². The number of hydrogen-bond acceptors (Lipinski definition) is 6. The summed E-state index contributed by atoms with van der Waals surface area (Å²) in [4.78, 5) is 4.40. The second-order valence-corrected chi connectivity index (χ2v) is 5.73. The first-order chi connectivity index (χ1) is 11.7. The van der Waals surface area contributed by atoms with Crippen LogP contribution in [0.5, 0.6) is 5.75 Å². The van der Waals surface area contributed by atoms with E-state index >= 15 is 0 Å². The minimum absolute atomic E-state index is 0.330. The van der Waals surface area contributed by atoms with Crippen LogP contribution in [0.15, 0.2) is 64.3 Å². The lowest BCUT2D eigenvalue weighted by Crippen LogP contribution is -2.00. The van der Waals surface area contributed by atoms with Gasteiger partial charge in [0.15, 0.2) is 0 Å². The van der Waals surface area contributed by atoms with Gasteiger partial charge in [0.25, 0.3) is 5.95 Å². The summed E-state index contributed by atoms with van der Waals surface area (Å²) in [6, 6.07) is 15.4. The van der Waals surface area contributed by atoms with Crippen molar-refractivity contribution in [2.75, 3.05) is 12.5 Å². The van der Waals surface area contributed by atoms with Crippen molar-refractivity contribution in [1.82, 2.24) is 15.2 Å². The summed E-state index contributed by atoms with van der Waals surface area (Å²) in [7, 11) is 1.63. The Hall–Kier alpha value is -2.80. The monoisotopic (exact) mass is 383 g/mol. The molecule has 24 heavy (non-hydrogen) atoms. The first kappa shape index (κ1) is 16.1. The lowest BCUT2D eigenvalue weighted by atomic mass is 10.1. The number of aromatic nitrogens is 3. The van der Waals surface area contributed by atoms with Crippen molar-refractivity contribution in [1.29, 1.82) is 0 Å². The van der Waals surface area contributed by atoms with E-state index in [2.05, 4.69) is 41.6 Å². The Balaban J connectivity index is 1.71. The SMILES string of the molecule is COc1ccc(-c2cnnc(N/N=C\c3ccc(Br)cc3)n2)cc1. The second-order valence-electron chi connectivity index (χ2n) is 4.82. The molecule has 3 aromatic rings. The van der Waals surface area contributed by atoms with E-state index in [-0.39, 0.29) is 0 Å². The maximum absolute atomic E-state index is 5.15. The number of methoxy groups -OCH3 is 1. The number of hydrogen-bond donors (Lipinski definition) is 1. The average Bonchev–Trinajstić information content (AvgIpc) is 2.64. The molecule has 0 amide bonds. The summed E-state index contributed by atoms with van der Waals surface area (Å²) >= 11 is 3.39. The van der Waals surface area contributed by atoms with Gasteiger partial charge in [-0.3, -0.25) is 0 Å². The number of hydrazone groups is 1. The zero-order chi connectivity index (χ0) is 16.8. The van der Waals surface area contributed by atoms with Gasteiger partial charge >= 0.3 is 0 Å². The number of benzene rings is 2. The molecule has 0 saturated carbocycles. The van der Waals surface area contributed by atoms with Gasteiger partial charge in [-0.25, -0.2) is 10.4 Å². The van der Waals surface area contributed by atoms with Gasteiger partial charge in [-0.2, -0.15) is 10.2 Å². The highest BCUT2D eigenvalue weighted by molar-refractivity contribution is 9.10. The molecule has 0 saturated heterocycles. The normalized spacial score (nSPS) is 10.8. The molecule has 2 aromatic carbocycles. The van der Waals surface area contributed by atoms with Crippen LogP contribution in [0.4, 0.5) is 5.95 Å². The van der Waals surface area contributed by atoms with Crippen LogP contribution in [0.2, 0.25) is 0 Å². The van der Waals surface area contributed by atoms with Gasteiger partial charge in [0.05, 0.1) is 25.2 Å². The summed E-state index contributed by atoms with van der Waals surface area (Å²) in [6.45, 7) is 0. The second kappa shape index (κ2) is 7.65. The molecule has 0 atom stereocenters. The average molecular weight is 384 g/mol. The highest BCUT2D eigenvalue weighted by atomic mass is 79.9. The molecule has 0 fully saturated rings. The van der Waals surface area contributed by atoms with Crippen molar-refractivity contribution >= 4 is 28.1 Å². The highest BCUT2D eigenvalue weighted by Gasteiger charge is 2.03. The standard InChI is InChI=1S/C17H14BrN5O/c1-24-15-8-4-13(5-9-15)16-11-20-23-17(21-16)22-19-10-12-2-6-14(18)7-3-12/h2-11H,1H3,(H,21,22,23)/b19-10-. The molecule has 6 nitrogen and oxygen atoms in total. The quantitative estimate of drug-likeness (QED) is 0.536. The number of anilines is 1. The summed E-state index contributed by atoms with van der Waals surface area (Å²) in [5, 5.41) is 12.0. The van der Waals surface area contributed by atoms with E-state index in [1.807, 2.05) is 48.5 Å². The molecule has 0 bridgehead atoms. The number of ether oxygens (including phenoxy) is 1. The predicted octanol–water partition coefficient (Wildman–Crippen LogP) is 3.76. The molecule has 0 radical (unpaired) electrons. The predicted molar refractivity (Wildman–Crippen MR) is 97.2 cm³/mol. The molecule has 1 aromatic heterocycles. The molecule has 0 spiro atoms. The molecule has 0 aliphatic heterocycles. The fourth-order valence-electron chi connectivity index (χ4n) is 1.97. The van der Waals surface area contributed by atoms with Crippen molar-refractivity contribution in [2.24, 2.45) is 5.10 Å². The van der Waals surface area contributed by atoms with E-state index in [0.29, 0.717) is 11.6 Å². The third kappa shape index (κ3) is 4.14. The van der Waals surface area contributed by atoms with E-state index in [1.165, 1.54) is 0 Å². The summed E-state index contributed by atoms with van der Waals surface area (Å²) < 4.78 is 6.17. The zero-order valence-electron chi connectivity index (χ0n) is 12.8. The van der Waals surface area contributed by atoms with Crippen LogP contribution in [0.25, 0.3) is 11.3 Å². The largest absolute Gasteiger partial charge is 0.497 e. The smallest absolute Gasteiger partial charge is 0.263 e. The minimum atomic E-state index is 0.330. The number of rotatable bonds is 5. The third-order valence-corrected chi connectivity index (χ3v) is 3.72. The highest BCUT2D eigenvalue weighted by Crippen LogP contribution is 2.20. The topological polar surface area (TPSA) is 72.3 Å². The molecule has 0 unspecified atom stereocenters. The molecular weight excluding hydrogens is 370 g/mol. The van der Waals surface area contributed by atoms with Gasteiger partial charge in [-0.15, -0.1) is 5.10 Å². The van der Waals surface area contributed by atoms with E-state index in [0.717, 1.165) is 21.3 Å². The Bertz CT molecular complexity index is 834. The maximum Gasteiger partial charge on any atom is 0.263 e. The molecular formula is C17H14BrN5O. The van der Waals surface area contributed by atoms with Gasteiger partial charge in [0.1, 0.15) is 5.75 Å². The van der Waals surface area contributed by atoms with Gasteiger partial charge in [-0.1, -0.05) is 28.1 Å². The Morgan fingerprint density at radius 3 is 2.54 bits per heavy atom. The van der Waals surface area contributed by atoms with Crippen LogP contribution in [-0.4, -0.2) is 28.5 Å². The van der Waals surface area contributed by atoms with Gasteiger partial charge < -0.3 is 4.74 Å². The van der Waals surface area contributed by atoms with Crippen molar-refractivity contribution in [3.63, 3.8) is 0 Å². The fraction of sp³-hybridized carbons (Fsp3) is 0.0588. The lowest BCUT2D eigenvalue weighted by molar-refractivity contribution is 0.415. The molecule has 1 N–H and O–H groups in total. The lowest BCUT2D eigenvalue weighted by Gasteiger charge is -2.04. The molecule has 0 aliphatic carbocycles. The van der Waals surface area contributed by atoms with Crippen molar-refractivity contribution in [3.8, 4) is 17.0 Å². The summed E-state index contributed by atoms with van der Waals surface area (Å²) in [5.41, 5.74) is 5.38. The number of nitrogens with zero attached hydrogens (tertiary/aromatic N) is 4. The van der Waals surface area contributed by atoms with Crippen molar-refractivity contribution in [2.45, 2.75) is 0 Å². The van der Waals surface area contributed by atoms with Crippen LogP contribution in [0, 0.1) is 0 Å². The first-order valence-electron chi connectivity index (χ1n) is 7.13. The molecule has 7 heteroatoms. The van der Waals surface area contributed by atoms with Crippen LogP contribution in [0.3, 0.4) is 0 Å². The number of nitrogens with one attached hydrogen (secondary N) is 1. The van der Waals surface area contributed by atoms with Crippen LogP contribution in [0.1, 0.15) is 5.56 Å². The van der Waals surface area contributed by atoms with E-state index in [1.54, 1.807) is 19.5 Å². The summed E-state index contributed by atoms with van der Waals surface area (Å²) in [6.07, 6.45) is 3.29. The van der Waals surface area contributed by atoms with Crippen molar-refractivity contribution in [3.05, 3.63) is 64.8 Å². The number of halogens is 1. The third-order valence-electron chi connectivity index (χ3n) is 3.19. The maximum atomic E-state index is 5.15. The van der Waals surface area contributed by atoms with E-state index in [4.69, 9.17) is 4.74 Å². The van der Waals surface area contributed by atoms with E-state index < -0.39 is 0 Å². The van der Waals surface area contributed by atoms with Crippen molar-refractivity contribution < 1.29 is 4.74 Å². The van der Waals surface area contributed by atoms with Gasteiger partial charge in [0.2, 0.25) is 0 Å². The summed E-state index contributed by atoms with van der Waals surface area (Å²) in [5.74, 6) is 1.12. The Morgan fingerprint density at radius 2 is 1.83 bits per heavy atom. The minimum Gasteiger partial charge on any atom is -0.497 e. The Morgan fingerprint density at radius 1 is 1.08 bits per heavy atom. The molecule has 0 aliphatic rings. The van der Waals surface area contributed by atoms with Crippen LogP contribution in [-0.2, 0) is 0 Å². The van der Waals surface area contributed by atoms with Gasteiger partial charge in [-0.05, 0) is 42.0 Å².